The van der Waals surface area contributed by atoms with Gasteiger partial charge >= 0.3 is 0 Å². The lowest BCUT2D eigenvalue weighted by Crippen LogP contribution is -2.55. The molecule has 0 amide bonds. The number of nitrogens with zero attached hydrogens (tertiary/aromatic N) is 3. The maximum absolute atomic E-state index is 9.74. The largest absolute Gasteiger partial charge is 0.504 e. The Morgan fingerprint density at radius 3 is 2.71 bits per heavy atom. The monoisotopic (exact) mass is 441 g/mol. The summed E-state index contributed by atoms with van der Waals surface area (Å²) in [5.74, 6) is 0.686. The van der Waals surface area contributed by atoms with Crippen LogP contribution in [0.15, 0.2) is 48.5 Å². The molecule has 2 aliphatic rings. The summed E-state index contributed by atoms with van der Waals surface area (Å²) in [5.41, 5.74) is 2.27. The van der Waals surface area contributed by atoms with Crippen LogP contribution in [0.25, 0.3) is 6.08 Å². The standard InChI is InChI=1S/C25H32ClN3O2/c1-31-25-17-20(9-10-24(25)30)5-3-11-27-12-4-8-23(19-27)29-15-13-28(14-16-29)22-7-2-6-21(26)18-22/h2-3,5-7,9-10,17-18,23,30H,4,8,11-16,19H2,1H3/b5-3+. The van der Waals surface area contributed by atoms with Crippen LogP contribution in [0.1, 0.15) is 18.4 Å². The summed E-state index contributed by atoms with van der Waals surface area (Å²) in [5, 5.41) is 10.5. The van der Waals surface area contributed by atoms with Crippen LogP contribution in [0, 0.1) is 0 Å². The zero-order chi connectivity index (χ0) is 21.6. The first-order chi connectivity index (χ1) is 15.1. The van der Waals surface area contributed by atoms with Gasteiger partial charge in [-0.2, -0.15) is 0 Å². The van der Waals surface area contributed by atoms with Gasteiger partial charge in [-0.25, -0.2) is 0 Å². The van der Waals surface area contributed by atoms with Gasteiger partial charge < -0.3 is 14.7 Å². The molecule has 6 heteroatoms. The molecular weight excluding hydrogens is 410 g/mol. The van der Waals surface area contributed by atoms with Crippen molar-refractivity contribution in [1.82, 2.24) is 9.80 Å². The average molecular weight is 442 g/mol. The van der Waals surface area contributed by atoms with Gasteiger partial charge in [-0.1, -0.05) is 35.9 Å². The van der Waals surface area contributed by atoms with Gasteiger partial charge in [0.25, 0.3) is 0 Å². The lowest BCUT2D eigenvalue weighted by atomic mass is 10.0. The third-order valence-corrected chi connectivity index (χ3v) is 6.60. The number of halogens is 1. The minimum absolute atomic E-state index is 0.175. The molecule has 0 saturated carbocycles. The van der Waals surface area contributed by atoms with Crippen LogP contribution in [0.2, 0.25) is 5.02 Å². The molecule has 0 aromatic heterocycles. The van der Waals surface area contributed by atoms with E-state index in [1.54, 1.807) is 13.2 Å². The molecule has 0 aliphatic carbocycles. The summed E-state index contributed by atoms with van der Waals surface area (Å²) in [6.07, 6.45) is 6.85. The molecule has 5 nitrogen and oxygen atoms in total. The van der Waals surface area contributed by atoms with Crippen LogP contribution in [0.5, 0.6) is 11.5 Å². The van der Waals surface area contributed by atoms with Gasteiger partial charge in [0.15, 0.2) is 11.5 Å². The van der Waals surface area contributed by atoms with E-state index < -0.39 is 0 Å². The van der Waals surface area contributed by atoms with Gasteiger partial charge in [0.1, 0.15) is 0 Å². The molecule has 1 N–H and O–H groups in total. The number of phenols is 1. The number of anilines is 1. The fraction of sp³-hybridized carbons (Fsp3) is 0.440. The molecule has 1 atom stereocenters. The Labute approximate surface area is 190 Å². The van der Waals surface area contributed by atoms with E-state index in [2.05, 4.69) is 39.0 Å². The molecule has 0 radical (unpaired) electrons. The van der Waals surface area contributed by atoms with E-state index in [0.717, 1.165) is 56.4 Å². The van der Waals surface area contributed by atoms with E-state index in [1.807, 2.05) is 24.3 Å². The molecule has 2 heterocycles. The molecule has 2 saturated heterocycles. The van der Waals surface area contributed by atoms with Crippen LogP contribution in [0.4, 0.5) is 5.69 Å². The second-order valence-electron chi connectivity index (χ2n) is 8.39. The van der Waals surface area contributed by atoms with Gasteiger partial charge in [0.2, 0.25) is 0 Å². The smallest absolute Gasteiger partial charge is 0.161 e. The topological polar surface area (TPSA) is 39.2 Å². The Hall–Kier alpha value is -2.21. The molecule has 2 fully saturated rings. The van der Waals surface area contributed by atoms with Crippen molar-refractivity contribution in [1.29, 1.82) is 0 Å². The number of likely N-dealkylation sites (tertiary alicyclic amines) is 1. The zero-order valence-electron chi connectivity index (χ0n) is 18.2. The summed E-state index contributed by atoms with van der Waals surface area (Å²) in [6, 6.07) is 14.3. The number of rotatable bonds is 6. The van der Waals surface area contributed by atoms with Crippen LogP contribution >= 0.6 is 11.6 Å². The molecule has 166 valence electrons. The van der Waals surface area contributed by atoms with E-state index in [0.29, 0.717) is 11.8 Å². The van der Waals surface area contributed by atoms with Crippen molar-refractivity contribution in [2.75, 3.05) is 57.8 Å². The summed E-state index contributed by atoms with van der Waals surface area (Å²) in [6.45, 7) is 7.55. The SMILES string of the molecule is COc1cc(/C=C/CN2CCCC(N3CCN(c4cccc(Cl)c4)CC3)C2)ccc1O. The van der Waals surface area contributed by atoms with Gasteiger partial charge in [-0.3, -0.25) is 9.80 Å². The minimum atomic E-state index is 0.175. The Balaban J connectivity index is 1.27. The molecule has 1 unspecified atom stereocenters. The van der Waals surface area contributed by atoms with Crippen molar-refractivity contribution in [3.63, 3.8) is 0 Å². The van der Waals surface area contributed by atoms with E-state index in [4.69, 9.17) is 16.3 Å². The molecule has 0 spiro atoms. The second-order valence-corrected chi connectivity index (χ2v) is 8.83. The van der Waals surface area contributed by atoms with Gasteiger partial charge in [-0.15, -0.1) is 0 Å². The summed E-state index contributed by atoms with van der Waals surface area (Å²) < 4.78 is 5.19. The summed E-state index contributed by atoms with van der Waals surface area (Å²) in [7, 11) is 1.57. The first-order valence-corrected chi connectivity index (χ1v) is 11.5. The van der Waals surface area contributed by atoms with Crippen LogP contribution in [-0.4, -0.2) is 73.9 Å². The predicted octanol–water partition coefficient (Wildman–Crippen LogP) is 4.35. The van der Waals surface area contributed by atoms with E-state index in [1.165, 1.54) is 18.5 Å². The number of methoxy groups -OCH3 is 1. The first kappa shape index (κ1) is 22.0. The molecular formula is C25H32ClN3O2. The summed E-state index contributed by atoms with van der Waals surface area (Å²) in [4.78, 5) is 7.66. The van der Waals surface area contributed by atoms with Crippen LogP contribution in [-0.2, 0) is 0 Å². The normalized spacial score (nSPS) is 21.0. The van der Waals surface area contributed by atoms with Crippen molar-refractivity contribution in [3.05, 3.63) is 59.1 Å². The highest BCUT2D eigenvalue weighted by atomic mass is 35.5. The number of hydrogen-bond donors (Lipinski definition) is 1. The van der Waals surface area contributed by atoms with Gasteiger partial charge in [0, 0.05) is 56.0 Å². The zero-order valence-corrected chi connectivity index (χ0v) is 19.0. The lowest BCUT2D eigenvalue weighted by molar-refractivity contribution is 0.0991. The second kappa shape index (κ2) is 10.4. The first-order valence-electron chi connectivity index (χ1n) is 11.1. The molecule has 0 bridgehead atoms. The number of hydrogen-bond acceptors (Lipinski definition) is 5. The lowest BCUT2D eigenvalue weighted by Gasteiger charge is -2.43. The molecule has 2 aromatic carbocycles. The number of piperazine rings is 1. The number of benzene rings is 2. The maximum Gasteiger partial charge on any atom is 0.161 e. The van der Waals surface area contributed by atoms with E-state index in [9.17, 15) is 5.11 Å². The molecule has 2 aliphatic heterocycles. The van der Waals surface area contributed by atoms with E-state index in [-0.39, 0.29) is 5.75 Å². The van der Waals surface area contributed by atoms with Gasteiger partial charge in [0.05, 0.1) is 7.11 Å². The molecule has 4 rings (SSSR count). The number of ether oxygens (including phenoxy) is 1. The van der Waals surface area contributed by atoms with Crippen molar-refractivity contribution in [3.8, 4) is 11.5 Å². The minimum Gasteiger partial charge on any atom is -0.504 e. The number of aromatic hydroxyl groups is 1. The van der Waals surface area contributed by atoms with Crippen LogP contribution in [0.3, 0.4) is 0 Å². The highest BCUT2D eigenvalue weighted by Gasteiger charge is 2.27. The molecule has 2 aromatic rings. The molecule has 31 heavy (non-hydrogen) atoms. The van der Waals surface area contributed by atoms with Gasteiger partial charge in [-0.05, 0) is 55.3 Å². The number of piperidine rings is 1. The quantitative estimate of drug-likeness (QED) is 0.721. The van der Waals surface area contributed by atoms with Crippen molar-refractivity contribution in [2.45, 2.75) is 18.9 Å². The third kappa shape index (κ3) is 5.73. The fourth-order valence-electron chi connectivity index (χ4n) is 4.65. The van der Waals surface area contributed by atoms with E-state index >= 15 is 0 Å². The Kier molecular flexibility index (Phi) is 7.38. The number of phenolic OH excluding ortho intramolecular Hbond substituents is 1. The van der Waals surface area contributed by atoms with Crippen molar-refractivity contribution < 1.29 is 9.84 Å². The van der Waals surface area contributed by atoms with Crippen LogP contribution < -0.4 is 9.64 Å². The fourth-order valence-corrected chi connectivity index (χ4v) is 4.83. The Morgan fingerprint density at radius 2 is 1.94 bits per heavy atom. The highest BCUT2D eigenvalue weighted by Crippen LogP contribution is 2.27. The Bertz CT molecular complexity index is 896. The highest BCUT2D eigenvalue weighted by molar-refractivity contribution is 6.30. The maximum atomic E-state index is 9.74. The predicted molar refractivity (Wildman–Crippen MR) is 128 cm³/mol. The average Bonchev–Trinajstić information content (AvgIpc) is 2.80. The Morgan fingerprint density at radius 1 is 1.10 bits per heavy atom. The van der Waals surface area contributed by atoms with Crippen molar-refractivity contribution in [2.24, 2.45) is 0 Å². The third-order valence-electron chi connectivity index (χ3n) is 6.36. The summed E-state index contributed by atoms with van der Waals surface area (Å²) >= 11 is 6.17. The van der Waals surface area contributed by atoms with Crippen molar-refractivity contribution >= 4 is 23.4 Å².